The molecule has 27 heavy (non-hydrogen) atoms. The summed E-state index contributed by atoms with van der Waals surface area (Å²) in [5.41, 5.74) is 0.363. The van der Waals surface area contributed by atoms with Crippen LogP contribution in [0.3, 0.4) is 0 Å². The summed E-state index contributed by atoms with van der Waals surface area (Å²) in [6, 6.07) is 14.7. The molecule has 8 heteroatoms. The van der Waals surface area contributed by atoms with Gasteiger partial charge in [-0.3, -0.25) is 14.2 Å². The van der Waals surface area contributed by atoms with Gasteiger partial charge >= 0.3 is 11.1 Å². The fourth-order valence-corrected chi connectivity index (χ4v) is 3.32. The van der Waals surface area contributed by atoms with Crippen LogP contribution in [0.15, 0.2) is 58.1 Å². The lowest BCUT2D eigenvalue weighted by Crippen LogP contribution is -2.42. The molecule has 0 radical (unpaired) electrons. The lowest BCUT2D eigenvalue weighted by Gasteiger charge is -2.18. The summed E-state index contributed by atoms with van der Waals surface area (Å²) in [6.07, 6.45) is 0. The maximum Gasteiger partial charge on any atom is 0.333 e. The van der Waals surface area contributed by atoms with Gasteiger partial charge in [0.05, 0.1) is 13.7 Å². The van der Waals surface area contributed by atoms with Crippen molar-refractivity contribution in [1.29, 1.82) is 0 Å². The van der Waals surface area contributed by atoms with Crippen molar-refractivity contribution in [3.8, 4) is 5.75 Å². The molecule has 0 atom stereocenters. The number of anilines is 2. The molecule has 2 heterocycles. The molecule has 1 aliphatic heterocycles. The first-order chi connectivity index (χ1) is 13.1. The van der Waals surface area contributed by atoms with E-state index in [1.807, 2.05) is 47.4 Å². The maximum absolute atomic E-state index is 12.5. The van der Waals surface area contributed by atoms with Crippen molar-refractivity contribution in [1.82, 2.24) is 14.3 Å². The molecule has 0 N–H and O–H groups in total. The molecule has 138 valence electrons. The van der Waals surface area contributed by atoms with E-state index in [4.69, 9.17) is 16.3 Å². The molecule has 0 bridgehead atoms. The minimum atomic E-state index is -0.657. The lowest BCUT2D eigenvalue weighted by molar-refractivity contribution is 0.415. The number of ether oxygens (including phenoxy) is 1. The van der Waals surface area contributed by atoms with Gasteiger partial charge < -0.3 is 9.64 Å². The first kappa shape index (κ1) is 17.4. The van der Waals surface area contributed by atoms with Crippen LogP contribution in [-0.2, 0) is 13.1 Å². The Hall–Kier alpha value is -3.06. The molecule has 7 nitrogen and oxygen atoms in total. The molecular formula is C19H17ClN4O3. The summed E-state index contributed by atoms with van der Waals surface area (Å²) in [7, 11) is 1.61. The van der Waals surface area contributed by atoms with Crippen molar-refractivity contribution in [2.45, 2.75) is 13.1 Å². The van der Waals surface area contributed by atoms with Crippen LogP contribution in [-0.4, -0.2) is 28.0 Å². The summed E-state index contributed by atoms with van der Waals surface area (Å²) in [5.74, 6) is 1.18. The summed E-state index contributed by atoms with van der Waals surface area (Å²) in [4.78, 5) is 26.9. The standard InChI is InChI=1S/C19H17ClN4O3/c1-27-15-8-6-14(7-9-15)22-10-11-23-17(25)18(26)24(21-19(22)23)12-13-4-2-3-5-16(13)20/h2-9H,10-12H2,1H3. The number of nitrogens with zero attached hydrogens (tertiary/aromatic N) is 4. The fraction of sp³-hybridized carbons (Fsp3) is 0.211. The predicted octanol–water partition coefficient (Wildman–Crippen LogP) is 2.27. The minimum absolute atomic E-state index is 0.137. The fourth-order valence-electron chi connectivity index (χ4n) is 3.13. The van der Waals surface area contributed by atoms with E-state index >= 15 is 0 Å². The van der Waals surface area contributed by atoms with E-state index in [-0.39, 0.29) is 6.54 Å². The first-order valence-electron chi connectivity index (χ1n) is 8.45. The van der Waals surface area contributed by atoms with Gasteiger partial charge in [0.2, 0.25) is 5.95 Å². The second kappa shape index (κ2) is 6.92. The van der Waals surface area contributed by atoms with Gasteiger partial charge in [0, 0.05) is 23.8 Å². The van der Waals surface area contributed by atoms with Crippen LogP contribution in [0.4, 0.5) is 11.6 Å². The third-order valence-corrected chi connectivity index (χ3v) is 4.93. The van der Waals surface area contributed by atoms with E-state index in [9.17, 15) is 9.59 Å². The van der Waals surface area contributed by atoms with Gasteiger partial charge in [-0.25, -0.2) is 4.68 Å². The Labute approximate surface area is 160 Å². The number of hydrogen-bond donors (Lipinski definition) is 0. The molecule has 0 fully saturated rings. The Balaban J connectivity index is 1.76. The average molecular weight is 385 g/mol. The largest absolute Gasteiger partial charge is 0.497 e. The number of fused-ring (bicyclic) bond motifs is 1. The monoisotopic (exact) mass is 384 g/mol. The van der Waals surface area contributed by atoms with Gasteiger partial charge in [0.15, 0.2) is 0 Å². The number of methoxy groups -OCH3 is 1. The second-order valence-corrected chi connectivity index (χ2v) is 6.57. The van der Waals surface area contributed by atoms with Crippen molar-refractivity contribution in [2.24, 2.45) is 0 Å². The molecule has 0 saturated heterocycles. The van der Waals surface area contributed by atoms with Crippen LogP contribution in [0.2, 0.25) is 5.02 Å². The van der Waals surface area contributed by atoms with E-state index in [1.165, 1.54) is 9.25 Å². The molecule has 1 aromatic heterocycles. The summed E-state index contributed by atoms with van der Waals surface area (Å²) in [5, 5.41) is 4.98. The van der Waals surface area contributed by atoms with Crippen LogP contribution < -0.4 is 20.8 Å². The minimum Gasteiger partial charge on any atom is -0.497 e. The first-order valence-corrected chi connectivity index (χ1v) is 8.83. The topological polar surface area (TPSA) is 69.4 Å². The molecule has 0 unspecified atom stereocenters. The molecule has 2 aromatic carbocycles. The third-order valence-electron chi connectivity index (χ3n) is 4.56. The highest BCUT2D eigenvalue weighted by atomic mass is 35.5. The van der Waals surface area contributed by atoms with Gasteiger partial charge in [-0.2, -0.15) is 0 Å². The van der Waals surface area contributed by atoms with Gasteiger partial charge in [0.25, 0.3) is 0 Å². The summed E-state index contributed by atoms with van der Waals surface area (Å²) in [6.45, 7) is 1.11. The SMILES string of the molecule is COc1ccc(N2CCn3c2nn(Cc2ccccc2Cl)c(=O)c3=O)cc1. The van der Waals surface area contributed by atoms with E-state index in [2.05, 4.69) is 5.10 Å². The van der Waals surface area contributed by atoms with Gasteiger partial charge in [0.1, 0.15) is 5.75 Å². The molecule has 4 rings (SSSR count). The van der Waals surface area contributed by atoms with Gasteiger partial charge in [-0.1, -0.05) is 29.8 Å². The number of benzene rings is 2. The van der Waals surface area contributed by atoms with E-state index < -0.39 is 11.1 Å². The summed E-state index contributed by atoms with van der Waals surface area (Å²) < 4.78 is 7.78. The van der Waals surface area contributed by atoms with Crippen LogP contribution in [0.5, 0.6) is 5.75 Å². The zero-order chi connectivity index (χ0) is 19.0. The molecule has 1 aliphatic rings. The number of halogens is 1. The van der Waals surface area contributed by atoms with Crippen molar-refractivity contribution >= 4 is 23.2 Å². The molecule has 0 aliphatic carbocycles. The average Bonchev–Trinajstić information content (AvgIpc) is 3.11. The highest BCUT2D eigenvalue weighted by Crippen LogP contribution is 2.28. The molecule has 0 spiro atoms. The van der Waals surface area contributed by atoms with Crippen molar-refractivity contribution in [3.05, 3.63) is 79.8 Å². The number of aromatic nitrogens is 3. The quantitative estimate of drug-likeness (QED) is 0.645. The highest BCUT2D eigenvalue weighted by molar-refractivity contribution is 6.31. The van der Waals surface area contributed by atoms with Crippen LogP contribution in [0, 0.1) is 0 Å². The van der Waals surface area contributed by atoms with E-state index in [0.29, 0.717) is 24.1 Å². The number of rotatable bonds is 4. The number of hydrogen-bond acceptors (Lipinski definition) is 5. The second-order valence-electron chi connectivity index (χ2n) is 6.16. The van der Waals surface area contributed by atoms with Crippen molar-refractivity contribution in [3.63, 3.8) is 0 Å². The van der Waals surface area contributed by atoms with Crippen LogP contribution in [0.1, 0.15) is 5.56 Å². The zero-order valence-electron chi connectivity index (χ0n) is 14.6. The normalized spacial score (nSPS) is 12.9. The Morgan fingerprint density at radius 1 is 1.04 bits per heavy atom. The zero-order valence-corrected chi connectivity index (χ0v) is 15.4. The Morgan fingerprint density at radius 2 is 1.78 bits per heavy atom. The smallest absolute Gasteiger partial charge is 0.333 e. The van der Waals surface area contributed by atoms with Crippen LogP contribution in [0.25, 0.3) is 0 Å². The Kier molecular flexibility index (Phi) is 4.45. The molecular weight excluding hydrogens is 368 g/mol. The summed E-state index contributed by atoms with van der Waals surface area (Å²) >= 11 is 6.19. The van der Waals surface area contributed by atoms with E-state index in [1.54, 1.807) is 13.2 Å². The Morgan fingerprint density at radius 3 is 2.48 bits per heavy atom. The van der Waals surface area contributed by atoms with Crippen LogP contribution >= 0.6 is 11.6 Å². The molecule has 0 saturated carbocycles. The van der Waals surface area contributed by atoms with Gasteiger partial charge in [-0.05, 0) is 35.9 Å². The van der Waals surface area contributed by atoms with Crippen molar-refractivity contribution in [2.75, 3.05) is 18.6 Å². The van der Waals surface area contributed by atoms with Gasteiger partial charge in [-0.15, -0.1) is 5.10 Å². The lowest BCUT2D eigenvalue weighted by atomic mass is 10.2. The highest BCUT2D eigenvalue weighted by Gasteiger charge is 2.26. The molecule has 3 aromatic rings. The third kappa shape index (κ3) is 3.10. The molecule has 0 amide bonds. The predicted molar refractivity (Wildman–Crippen MR) is 103 cm³/mol. The Bertz CT molecular complexity index is 1110. The van der Waals surface area contributed by atoms with E-state index in [0.717, 1.165) is 17.0 Å². The maximum atomic E-state index is 12.5. The van der Waals surface area contributed by atoms with Crippen molar-refractivity contribution < 1.29 is 4.74 Å².